The Morgan fingerprint density at radius 3 is 2.45 bits per heavy atom. The van der Waals surface area contributed by atoms with Crippen LogP contribution in [-0.4, -0.2) is 49.1 Å². The van der Waals surface area contributed by atoms with Gasteiger partial charge in [0.05, 0.1) is 22.9 Å². The van der Waals surface area contributed by atoms with Crippen molar-refractivity contribution < 1.29 is 9.53 Å². The zero-order valence-electron chi connectivity index (χ0n) is 17.9. The van der Waals surface area contributed by atoms with E-state index in [1.54, 1.807) is 23.3 Å². The SMILES string of the molecule is CCN(CC)CCN(C(=O)c1ccccc1OC)c1nc2cc(C)c(C)cc2s1. The summed E-state index contributed by atoms with van der Waals surface area (Å²) in [6.07, 6.45) is 0. The van der Waals surface area contributed by atoms with Crippen LogP contribution in [0.3, 0.4) is 0 Å². The zero-order valence-corrected chi connectivity index (χ0v) is 18.7. The van der Waals surface area contributed by atoms with E-state index in [1.165, 1.54) is 11.1 Å². The summed E-state index contributed by atoms with van der Waals surface area (Å²) in [4.78, 5) is 22.4. The Bertz CT molecular complexity index is 956. The van der Waals surface area contributed by atoms with E-state index in [1.807, 2.05) is 24.3 Å². The maximum Gasteiger partial charge on any atom is 0.263 e. The minimum atomic E-state index is -0.0814. The number of para-hydroxylation sites is 1. The van der Waals surface area contributed by atoms with Gasteiger partial charge in [0.1, 0.15) is 5.75 Å². The largest absolute Gasteiger partial charge is 0.496 e. The van der Waals surface area contributed by atoms with Crippen LogP contribution in [0.4, 0.5) is 5.13 Å². The fourth-order valence-electron chi connectivity index (χ4n) is 3.32. The van der Waals surface area contributed by atoms with E-state index in [0.717, 1.165) is 35.0 Å². The summed E-state index contributed by atoms with van der Waals surface area (Å²) in [5.74, 6) is 0.500. The smallest absolute Gasteiger partial charge is 0.263 e. The lowest BCUT2D eigenvalue weighted by Gasteiger charge is -2.25. The van der Waals surface area contributed by atoms with Gasteiger partial charge in [0.25, 0.3) is 5.91 Å². The molecule has 0 radical (unpaired) electrons. The first-order valence-electron chi connectivity index (χ1n) is 10.0. The van der Waals surface area contributed by atoms with Crippen molar-refractivity contribution >= 4 is 32.6 Å². The number of carbonyl (C=O) groups excluding carboxylic acids is 1. The molecule has 0 aliphatic carbocycles. The number of aromatic nitrogens is 1. The molecule has 6 heteroatoms. The Balaban J connectivity index is 2.01. The molecular formula is C23H29N3O2S. The molecule has 1 aromatic heterocycles. The van der Waals surface area contributed by atoms with Gasteiger partial charge in [-0.3, -0.25) is 9.69 Å². The first-order valence-corrected chi connectivity index (χ1v) is 10.8. The number of ether oxygens (including phenoxy) is 1. The van der Waals surface area contributed by atoms with Crippen molar-refractivity contribution in [2.75, 3.05) is 38.2 Å². The number of rotatable bonds is 8. The highest BCUT2D eigenvalue weighted by molar-refractivity contribution is 7.22. The molecule has 2 aromatic carbocycles. The molecule has 0 aliphatic heterocycles. The number of fused-ring (bicyclic) bond motifs is 1. The summed E-state index contributed by atoms with van der Waals surface area (Å²) in [6, 6.07) is 11.6. The Morgan fingerprint density at radius 1 is 1.07 bits per heavy atom. The molecule has 1 heterocycles. The van der Waals surface area contributed by atoms with Gasteiger partial charge >= 0.3 is 0 Å². The van der Waals surface area contributed by atoms with Crippen LogP contribution in [-0.2, 0) is 0 Å². The van der Waals surface area contributed by atoms with Gasteiger partial charge in [-0.1, -0.05) is 37.3 Å². The number of hydrogen-bond acceptors (Lipinski definition) is 5. The number of likely N-dealkylation sites (N-methyl/N-ethyl adjacent to an activating group) is 1. The van der Waals surface area contributed by atoms with Crippen LogP contribution in [0.15, 0.2) is 36.4 Å². The number of anilines is 1. The van der Waals surface area contributed by atoms with Crippen LogP contribution in [0.5, 0.6) is 5.75 Å². The third-order valence-electron chi connectivity index (χ3n) is 5.34. The first kappa shape index (κ1) is 21.3. The molecule has 0 aliphatic rings. The van der Waals surface area contributed by atoms with Crippen LogP contribution < -0.4 is 9.64 Å². The van der Waals surface area contributed by atoms with E-state index in [0.29, 0.717) is 17.9 Å². The molecule has 0 spiro atoms. The normalized spacial score (nSPS) is 11.2. The number of aryl methyl sites for hydroxylation is 2. The molecule has 0 N–H and O–H groups in total. The van der Waals surface area contributed by atoms with E-state index in [-0.39, 0.29) is 5.91 Å². The zero-order chi connectivity index (χ0) is 21.0. The van der Waals surface area contributed by atoms with E-state index in [2.05, 4.69) is 44.7 Å². The van der Waals surface area contributed by atoms with Crippen molar-refractivity contribution in [3.05, 3.63) is 53.1 Å². The summed E-state index contributed by atoms with van der Waals surface area (Å²) in [6.45, 7) is 11.7. The number of nitrogens with zero attached hydrogens (tertiary/aromatic N) is 3. The van der Waals surface area contributed by atoms with Gasteiger partial charge in [0.15, 0.2) is 5.13 Å². The third kappa shape index (κ3) is 4.60. The molecule has 29 heavy (non-hydrogen) atoms. The van der Waals surface area contributed by atoms with Gasteiger partial charge in [-0.2, -0.15) is 0 Å². The van der Waals surface area contributed by atoms with Gasteiger partial charge in [-0.25, -0.2) is 4.98 Å². The molecule has 3 rings (SSSR count). The Hall–Kier alpha value is -2.44. The number of methoxy groups -OCH3 is 1. The number of benzene rings is 2. The molecule has 0 bridgehead atoms. The van der Waals surface area contributed by atoms with Crippen LogP contribution in [0.2, 0.25) is 0 Å². The molecule has 5 nitrogen and oxygen atoms in total. The van der Waals surface area contributed by atoms with E-state index < -0.39 is 0 Å². The first-order chi connectivity index (χ1) is 14.0. The average molecular weight is 412 g/mol. The van der Waals surface area contributed by atoms with E-state index >= 15 is 0 Å². The second-order valence-electron chi connectivity index (χ2n) is 7.08. The van der Waals surface area contributed by atoms with Gasteiger partial charge in [-0.05, 0) is 62.3 Å². The fourth-order valence-corrected chi connectivity index (χ4v) is 4.39. The van der Waals surface area contributed by atoms with Crippen LogP contribution in [0.25, 0.3) is 10.2 Å². The second-order valence-corrected chi connectivity index (χ2v) is 8.09. The van der Waals surface area contributed by atoms with Gasteiger partial charge in [0, 0.05) is 13.1 Å². The molecule has 0 saturated heterocycles. The quantitative estimate of drug-likeness (QED) is 0.528. The molecule has 0 atom stereocenters. The van der Waals surface area contributed by atoms with Crippen LogP contribution in [0.1, 0.15) is 35.3 Å². The summed E-state index contributed by atoms with van der Waals surface area (Å²) in [5, 5.41) is 0.730. The Kier molecular flexibility index (Phi) is 6.87. The lowest BCUT2D eigenvalue weighted by molar-refractivity contribution is 0.0981. The van der Waals surface area contributed by atoms with Gasteiger partial charge in [-0.15, -0.1) is 0 Å². The minimum absolute atomic E-state index is 0.0814. The van der Waals surface area contributed by atoms with Crippen molar-refractivity contribution in [1.82, 2.24) is 9.88 Å². The molecule has 154 valence electrons. The summed E-state index contributed by atoms with van der Waals surface area (Å²) in [5.41, 5.74) is 3.94. The lowest BCUT2D eigenvalue weighted by atomic mass is 10.1. The highest BCUT2D eigenvalue weighted by atomic mass is 32.1. The molecule has 0 fully saturated rings. The number of thiazole rings is 1. The molecule has 1 amide bonds. The molecule has 0 unspecified atom stereocenters. The van der Waals surface area contributed by atoms with Gasteiger partial charge < -0.3 is 9.64 Å². The number of hydrogen-bond donors (Lipinski definition) is 0. The summed E-state index contributed by atoms with van der Waals surface area (Å²) < 4.78 is 6.54. The summed E-state index contributed by atoms with van der Waals surface area (Å²) in [7, 11) is 1.59. The summed E-state index contributed by atoms with van der Waals surface area (Å²) >= 11 is 1.57. The highest BCUT2D eigenvalue weighted by Gasteiger charge is 2.24. The lowest BCUT2D eigenvalue weighted by Crippen LogP contribution is -2.39. The molecule has 0 saturated carbocycles. The van der Waals surface area contributed by atoms with Crippen molar-refractivity contribution in [3.8, 4) is 5.75 Å². The van der Waals surface area contributed by atoms with Crippen LogP contribution >= 0.6 is 11.3 Å². The Morgan fingerprint density at radius 2 is 1.76 bits per heavy atom. The van der Waals surface area contributed by atoms with Crippen LogP contribution in [0, 0.1) is 13.8 Å². The fraction of sp³-hybridized carbons (Fsp3) is 0.391. The highest BCUT2D eigenvalue weighted by Crippen LogP contribution is 2.32. The van der Waals surface area contributed by atoms with E-state index in [4.69, 9.17) is 9.72 Å². The molecular weight excluding hydrogens is 382 g/mol. The minimum Gasteiger partial charge on any atom is -0.496 e. The second kappa shape index (κ2) is 9.37. The van der Waals surface area contributed by atoms with Crippen molar-refractivity contribution in [1.29, 1.82) is 0 Å². The average Bonchev–Trinajstić information content (AvgIpc) is 3.13. The maximum atomic E-state index is 13.5. The number of amides is 1. The Labute approximate surface area is 176 Å². The van der Waals surface area contributed by atoms with Crippen molar-refractivity contribution in [2.24, 2.45) is 0 Å². The predicted molar refractivity (Wildman–Crippen MR) is 122 cm³/mol. The standard InChI is InChI=1S/C23H29N3O2S/c1-6-25(7-2)12-13-26(22(27)18-10-8-9-11-20(18)28-5)23-24-19-14-16(3)17(4)15-21(19)29-23/h8-11,14-15H,6-7,12-13H2,1-5H3. The van der Waals surface area contributed by atoms with E-state index in [9.17, 15) is 4.79 Å². The topological polar surface area (TPSA) is 45.7 Å². The van der Waals surface area contributed by atoms with Crippen molar-refractivity contribution in [2.45, 2.75) is 27.7 Å². The predicted octanol–water partition coefficient (Wildman–Crippen LogP) is 4.91. The van der Waals surface area contributed by atoms with Gasteiger partial charge in [0.2, 0.25) is 0 Å². The molecule has 3 aromatic rings. The monoisotopic (exact) mass is 411 g/mol. The maximum absolute atomic E-state index is 13.5. The third-order valence-corrected chi connectivity index (χ3v) is 6.38. The number of carbonyl (C=O) groups is 1. The van der Waals surface area contributed by atoms with Crippen molar-refractivity contribution in [3.63, 3.8) is 0 Å².